The fraction of sp³-hybridized carbons (Fsp3) is 0.488. The van der Waals surface area contributed by atoms with Crippen LogP contribution in [0.15, 0.2) is 78.4 Å². The maximum absolute atomic E-state index is 14.4. The maximum atomic E-state index is 14.4. The number of carbonyl (C=O) groups excluding carboxylic acids is 2. The van der Waals surface area contributed by atoms with E-state index in [1.807, 2.05) is 49.4 Å². The molecule has 52 heavy (non-hydrogen) atoms. The van der Waals surface area contributed by atoms with E-state index in [0.717, 1.165) is 47.2 Å². The predicted molar refractivity (Wildman–Crippen MR) is 197 cm³/mol. The molecule has 1 heterocycles. The second kappa shape index (κ2) is 16.0. The fourth-order valence-corrected chi connectivity index (χ4v) is 8.66. The summed E-state index contributed by atoms with van der Waals surface area (Å²) in [6.45, 7) is 7.13. The van der Waals surface area contributed by atoms with Gasteiger partial charge in [-0.15, -0.1) is 0 Å². The van der Waals surface area contributed by atoms with Crippen LogP contribution in [0.1, 0.15) is 117 Å². The smallest absolute Gasteiger partial charge is 0.318 e. The van der Waals surface area contributed by atoms with Crippen molar-refractivity contribution in [2.75, 3.05) is 19.7 Å². The number of carbonyl (C=O) groups is 2. The Bertz CT molecular complexity index is 1780. The Kier molecular flexibility index (Phi) is 11.6. The van der Waals surface area contributed by atoms with Crippen LogP contribution in [0.3, 0.4) is 0 Å². The van der Waals surface area contributed by atoms with Crippen molar-refractivity contribution in [3.05, 3.63) is 118 Å². The van der Waals surface area contributed by atoms with Gasteiger partial charge in [0.2, 0.25) is 0 Å². The molecule has 3 aromatic carbocycles. The molecule has 3 aromatic rings. The van der Waals surface area contributed by atoms with E-state index in [2.05, 4.69) is 25.2 Å². The van der Waals surface area contributed by atoms with Gasteiger partial charge in [0.15, 0.2) is 17.4 Å². The molecule has 0 aromatic heterocycles. The first-order valence-electron chi connectivity index (χ1n) is 18.8. The van der Waals surface area contributed by atoms with E-state index < -0.39 is 34.5 Å². The molecule has 7 nitrogen and oxygen atoms in total. The van der Waals surface area contributed by atoms with Crippen molar-refractivity contribution < 1.29 is 33.3 Å². The van der Waals surface area contributed by atoms with Crippen LogP contribution in [0.25, 0.3) is 0 Å². The number of allylic oxidation sites excluding steroid dienone is 2. The number of fused-ring (bicyclic) bond motifs is 8. The molecule has 7 rings (SSSR count). The number of ketones is 1. The molecule has 3 aliphatic carbocycles. The van der Waals surface area contributed by atoms with Gasteiger partial charge in [-0.25, -0.2) is 13.6 Å². The molecule has 2 amide bonds. The van der Waals surface area contributed by atoms with Crippen LogP contribution in [0, 0.1) is 17.0 Å². The Morgan fingerprint density at radius 1 is 1.02 bits per heavy atom. The van der Waals surface area contributed by atoms with Gasteiger partial charge in [0.1, 0.15) is 0 Å². The van der Waals surface area contributed by atoms with E-state index in [-0.39, 0.29) is 36.2 Å². The number of nitrogens with zero attached hydrogens (tertiary/aromatic N) is 1. The maximum Gasteiger partial charge on any atom is 0.318 e. The molecule has 9 heteroatoms. The summed E-state index contributed by atoms with van der Waals surface area (Å²) in [6.07, 6.45) is 6.93. The Morgan fingerprint density at radius 3 is 2.54 bits per heavy atom. The second-order valence-electron chi connectivity index (χ2n) is 15.5. The lowest BCUT2D eigenvalue weighted by Gasteiger charge is -2.46. The predicted octanol–water partition coefficient (Wildman–Crippen LogP) is 8.19. The first-order valence-corrected chi connectivity index (χ1v) is 18.8. The third kappa shape index (κ3) is 8.17. The largest absolute Gasteiger partial charge is 0.393 e. The monoisotopic (exact) mass is 714 g/mol. The van der Waals surface area contributed by atoms with Crippen LogP contribution >= 0.6 is 0 Å². The van der Waals surface area contributed by atoms with Crippen LogP contribution < -0.4 is 5.32 Å². The molecular weight excluding hydrogens is 662 g/mol. The Balaban J connectivity index is 1.39. The molecule has 2 bridgehead atoms. The number of rotatable bonds is 8. The third-order valence-electron chi connectivity index (χ3n) is 11.9. The minimum Gasteiger partial charge on any atom is -0.393 e. The van der Waals surface area contributed by atoms with Gasteiger partial charge in [-0.2, -0.15) is 0 Å². The molecule has 0 spiro atoms. The summed E-state index contributed by atoms with van der Waals surface area (Å²) in [4.78, 5) is 30.1. The molecule has 1 saturated carbocycles. The van der Waals surface area contributed by atoms with Gasteiger partial charge >= 0.3 is 6.03 Å². The van der Waals surface area contributed by atoms with Crippen LogP contribution in [0.2, 0.25) is 0 Å². The molecule has 4 aliphatic rings. The summed E-state index contributed by atoms with van der Waals surface area (Å²) >= 11 is 0. The molecule has 2 fully saturated rings. The Hall–Kier alpha value is -3.92. The van der Waals surface area contributed by atoms with Crippen LogP contribution in [0.5, 0.6) is 0 Å². The number of ether oxygens (including phenoxy) is 1. The number of urea groups is 1. The highest BCUT2D eigenvalue weighted by Crippen LogP contribution is 2.59. The van der Waals surface area contributed by atoms with E-state index in [1.54, 1.807) is 11.0 Å². The van der Waals surface area contributed by atoms with Crippen molar-refractivity contribution in [3.63, 3.8) is 0 Å². The van der Waals surface area contributed by atoms with Gasteiger partial charge < -0.3 is 25.2 Å². The zero-order valence-electron chi connectivity index (χ0n) is 30.5. The van der Waals surface area contributed by atoms with Gasteiger partial charge in [0.25, 0.3) is 0 Å². The highest BCUT2D eigenvalue weighted by atomic mass is 19.2. The summed E-state index contributed by atoms with van der Waals surface area (Å²) in [5.41, 5.74) is 1.87. The zero-order chi connectivity index (χ0) is 37.0. The summed E-state index contributed by atoms with van der Waals surface area (Å²) in [6, 6.07) is 18.0. The summed E-state index contributed by atoms with van der Waals surface area (Å²) in [5.74, 6) is -2.88. The SMILES string of the molecule is CC1=CCCC2(C)C(CCC2(O)CN(CC2CCCO2)C(=O)NC(C)c2ccccc2)c2ccc(cc2C(=O)c2ccc(F)c(F)c2)CC(O)CC1. The van der Waals surface area contributed by atoms with E-state index in [0.29, 0.717) is 63.7 Å². The van der Waals surface area contributed by atoms with Crippen LogP contribution in [-0.4, -0.2) is 64.4 Å². The number of benzene rings is 3. The summed E-state index contributed by atoms with van der Waals surface area (Å²) in [5, 5.41) is 27.0. The van der Waals surface area contributed by atoms with Crippen LogP contribution in [0.4, 0.5) is 13.6 Å². The number of halogens is 2. The molecule has 0 radical (unpaired) electrons. The lowest BCUT2D eigenvalue weighted by molar-refractivity contribution is -0.0808. The van der Waals surface area contributed by atoms with E-state index in [4.69, 9.17) is 4.74 Å². The van der Waals surface area contributed by atoms with Gasteiger partial charge in [-0.3, -0.25) is 4.79 Å². The first kappa shape index (κ1) is 37.8. The van der Waals surface area contributed by atoms with Crippen molar-refractivity contribution in [2.45, 2.75) is 108 Å². The molecule has 1 aliphatic heterocycles. The van der Waals surface area contributed by atoms with E-state index in [1.165, 1.54) is 6.07 Å². The zero-order valence-corrected chi connectivity index (χ0v) is 30.5. The number of hydrogen-bond acceptors (Lipinski definition) is 5. The minimum absolute atomic E-state index is 0.0273. The van der Waals surface area contributed by atoms with E-state index in [9.17, 15) is 28.6 Å². The summed E-state index contributed by atoms with van der Waals surface area (Å²) < 4.78 is 34.3. The molecule has 6 atom stereocenters. The quantitative estimate of drug-likeness (QED) is 0.162. The fourth-order valence-electron chi connectivity index (χ4n) is 8.66. The van der Waals surface area contributed by atoms with E-state index >= 15 is 0 Å². The lowest BCUT2D eigenvalue weighted by atomic mass is 9.64. The summed E-state index contributed by atoms with van der Waals surface area (Å²) in [7, 11) is 0. The number of amides is 2. The number of hydrogen-bond donors (Lipinski definition) is 3. The molecule has 6 unspecified atom stereocenters. The number of aliphatic hydroxyl groups is 2. The molecular formula is C43H52F2N2O5. The van der Waals surface area contributed by atoms with Crippen LogP contribution in [-0.2, 0) is 11.2 Å². The van der Waals surface area contributed by atoms with Crippen molar-refractivity contribution in [3.8, 4) is 0 Å². The second-order valence-corrected chi connectivity index (χ2v) is 15.5. The topological polar surface area (TPSA) is 99.1 Å². The van der Waals surface area contributed by atoms with Crippen molar-refractivity contribution in [1.29, 1.82) is 0 Å². The van der Waals surface area contributed by atoms with Crippen molar-refractivity contribution in [2.24, 2.45) is 5.41 Å². The average Bonchev–Trinajstić information content (AvgIpc) is 3.73. The van der Waals surface area contributed by atoms with Gasteiger partial charge in [0.05, 0.1) is 30.4 Å². The van der Waals surface area contributed by atoms with Crippen molar-refractivity contribution >= 4 is 11.8 Å². The average molecular weight is 715 g/mol. The van der Waals surface area contributed by atoms with Gasteiger partial charge in [-0.05, 0) is 119 Å². The minimum atomic E-state index is -1.33. The first-order chi connectivity index (χ1) is 24.9. The number of nitrogens with one attached hydrogen (secondary N) is 1. The highest BCUT2D eigenvalue weighted by molar-refractivity contribution is 6.10. The Labute approximate surface area is 306 Å². The molecule has 3 N–H and O–H groups in total. The van der Waals surface area contributed by atoms with Gasteiger partial charge in [0, 0.05) is 29.7 Å². The standard InChI is InChI=1S/C43H52F2N2O5/c1-28-9-7-20-42(3)37(35-17-14-30(23-33(48)16-13-28)24-36(35)40(49)32-15-18-38(44)39(45)25-32)19-21-43(42,51)27-47(26-34-12-8-22-52-34)41(50)46-29(2)31-10-5-4-6-11-31/h4-6,9-11,14-15,17-18,24-25,29,33-34,37,48,51H,7-8,12-13,16,19-23,26-27H2,1-3H3,(H,46,50). The highest BCUT2D eigenvalue weighted by Gasteiger charge is 2.58. The van der Waals surface area contributed by atoms with Crippen molar-refractivity contribution in [1.82, 2.24) is 10.2 Å². The van der Waals surface area contributed by atoms with Gasteiger partial charge in [-0.1, -0.05) is 61.0 Å². The Morgan fingerprint density at radius 2 is 1.81 bits per heavy atom. The normalized spacial score (nSPS) is 27.0. The lowest BCUT2D eigenvalue weighted by Crippen LogP contribution is -2.56. The molecule has 1 saturated heterocycles. The molecule has 278 valence electrons. The number of aliphatic hydroxyl groups excluding tert-OH is 1. The third-order valence-corrected chi connectivity index (χ3v) is 11.9.